The Morgan fingerprint density at radius 1 is 1.03 bits per heavy atom. The highest BCUT2D eigenvalue weighted by molar-refractivity contribution is 5.81. The third-order valence-electron chi connectivity index (χ3n) is 5.31. The van der Waals surface area contributed by atoms with Gasteiger partial charge in [0.15, 0.2) is 17.6 Å². The van der Waals surface area contributed by atoms with E-state index in [0.717, 1.165) is 12.1 Å². The molecule has 1 fully saturated rings. The van der Waals surface area contributed by atoms with Gasteiger partial charge in [-0.25, -0.2) is 0 Å². The van der Waals surface area contributed by atoms with Crippen molar-refractivity contribution in [2.75, 3.05) is 20.2 Å². The number of amides is 1. The Kier molecular flexibility index (Phi) is 7.94. The van der Waals surface area contributed by atoms with Crippen molar-refractivity contribution in [3.8, 4) is 11.5 Å². The molecule has 29 heavy (non-hydrogen) atoms. The summed E-state index contributed by atoms with van der Waals surface area (Å²) in [6.45, 7) is 5.78. The lowest BCUT2D eigenvalue weighted by Crippen LogP contribution is -2.37. The van der Waals surface area contributed by atoms with Crippen molar-refractivity contribution in [2.24, 2.45) is 0 Å². The van der Waals surface area contributed by atoms with Crippen molar-refractivity contribution in [2.45, 2.75) is 51.8 Å². The quantitative estimate of drug-likeness (QED) is 0.692. The van der Waals surface area contributed by atoms with E-state index in [1.54, 1.807) is 7.11 Å². The lowest BCUT2D eigenvalue weighted by molar-refractivity contribution is -0.128. The maximum atomic E-state index is 12.7. The molecule has 0 spiro atoms. The number of piperidine rings is 1. The monoisotopic (exact) mass is 396 g/mol. The molecule has 0 bridgehead atoms. The molecule has 1 amide bonds. The first-order valence-electron chi connectivity index (χ1n) is 10.6. The number of hydrogen-bond acceptors (Lipinski definition) is 4. The van der Waals surface area contributed by atoms with Crippen molar-refractivity contribution < 1.29 is 14.3 Å². The third kappa shape index (κ3) is 6.23. The van der Waals surface area contributed by atoms with Crippen LogP contribution in [-0.4, -0.2) is 37.1 Å². The molecule has 2 aromatic rings. The Bertz CT molecular complexity index is 787. The Labute approximate surface area is 174 Å². The van der Waals surface area contributed by atoms with E-state index in [0.29, 0.717) is 24.5 Å². The molecule has 1 unspecified atom stereocenters. The first-order valence-corrected chi connectivity index (χ1v) is 10.6. The molecule has 5 heteroatoms. The van der Waals surface area contributed by atoms with Crippen LogP contribution in [0.25, 0.3) is 0 Å². The van der Waals surface area contributed by atoms with E-state index in [1.807, 2.05) is 31.2 Å². The number of ether oxygens (including phenoxy) is 2. The molecule has 2 aromatic carbocycles. The van der Waals surface area contributed by atoms with Crippen molar-refractivity contribution >= 4 is 5.91 Å². The highest BCUT2D eigenvalue weighted by atomic mass is 16.5. The number of likely N-dealkylation sites (tertiary alicyclic amines) is 1. The van der Waals surface area contributed by atoms with Gasteiger partial charge in [-0.05, 0) is 55.6 Å². The van der Waals surface area contributed by atoms with Gasteiger partial charge in [0.25, 0.3) is 5.91 Å². The van der Waals surface area contributed by atoms with Gasteiger partial charge in [-0.15, -0.1) is 0 Å². The molecule has 1 heterocycles. The Hall–Kier alpha value is -2.53. The fraction of sp³-hybridized carbons (Fsp3) is 0.458. The molecule has 5 nitrogen and oxygen atoms in total. The van der Waals surface area contributed by atoms with Crippen LogP contribution >= 0.6 is 0 Å². The number of carbonyl (C=O) groups is 1. The normalized spacial score (nSPS) is 15.5. The smallest absolute Gasteiger partial charge is 0.261 e. The van der Waals surface area contributed by atoms with E-state index in [1.165, 1.54) is 37.9 Å². The van der Waals surface area contributed by atoms with Crippen LogP contribution in [0.15, 0.2) is 48.5 Å². The topological polar surface area (TPSA) is 50.8 Å². The van der Waals surface area contributed by atoms with E-state index in [9.17, 15) is 4.79 Å². The molecule has 3 rings (SSSR count). The third-order valence-corrected chi connectivity index (χ3v) is 5.31. The lowest BCUT2D eigenvalue weighted by atomic mass is 10.1. The average molecular weight is 397 g/mol. The van der Waals surface area contributed by atoms with Crippen LogP contribution in [0, 0.1) is 0 Å². The predicted molar refractivity (Wildman–Crippen MR) is 115 cm³/mol. The summed E-state index contributed by atoms with van der Waals surface area (Å²) >= 11 is 0. The van der Waals surface area contributed by atoms with Crippen LogP contribution in [0.4, 0.5) is 0 Å². The molecule has 1 aliphatic heterocycles. The molecule has 1 N–H and O–H groups in total. The summed E-state index contributed by atoms with van der Waals surface area (Å²) < 4.78 is 11.2. The predicted octanol–water partition coefficient (Wildman–Crippen LogP) is 4.15. The number of nitrogens with zero attached hydrogens (tertiary/aromatic N) is 1. The minimum absolute atomic E-state index is 0.111. The number of hydrogen-bond donors (Lipinski definition) is 1. The van der Waals surface area contributed by atoms with Crippen LogP contribution in [0.1, 0.15) is 43.7 Å². The van der Waals surface area contributed by atoms with Crippen molar-refractivity contribution in [3.63, 3.8) is 0 Å². The van der Waals surface area contributed by atoms with Crippen LogP contribution in [0.3, 0.4) is 0 Å². The maximum Gasteiger partial charge on any atom is 0.261 e. The summed E-state index contributed by atoms with van der Waals surface area (Å²) in [5.41, 5.74) is 2.41. The SMILES string of the molecule is CCC(Oc1ccccc1OC)C(=O)NCc1cccc(CN2CCCCC2)c1. The summed E-state index contributed by atoms with van der Waals surface area (Å²) in [7, 11) is 1.60. The van der Waals surface area contributed by atoms with Gasteiger partial charge in [-0.1, -0.05) is 49.7 Å². The van der Waals surface area contributed by atoms with E-state index in [4.69, 9.17) is 9.47 Å². The van der Waals surface area contributed by atoms with Gasteiger partial charge < -0.3 is 14.8 Å². The van der Waals surface area contributed by atoms with Gasteiger partial charge in [0.05, 0.1) is 7.11 Å². The van der Waals surface area contributed by atoms with Gasteiger partial charge in [0.2, 0.25) is 0 Å². The second-order valence-corrected chi connectivity index (χ2v) is 7.54. The first-order chi connectivity index (χ1) is 14.2. The Morgan fingerprint density at radius 3 is 2.48 bits per heavy atom. The van der Waals surface area contributed by atoms with Gasteiger partial charge in [0.1, 0.15) is 0 Å². The molecule has 1 saturated heterocycles. The van der Waals surface area contributed by atoms with E-state index < -0.39 is 6.10 Å². The Balaban J connectivity index is 1.55. The van der Waals surface area contributed by atoms with Crippen LogP contribution in [0.5, 0.6) is 11.5 Å². The zero-order valence-electron chi connectivity index (χ0n) is 17.5. The molecule has 1 aliphatic rings. The number of methoxy groups -OCH3 is 1. The second-order valence-electron chi connectivity index (χ2n) is 7.54. The largest absolute Gasteiger partial charge is 0.493 e. The highest BCUT2D eigenvalue weighted by Crippen LogP contribution is 2.27. The number of benzene rings is 2. The number of nitrogens with one attached hydrogen (secondary N) is 1. The summed E-state index contributed by atoms with van der Waals surface area (Å²) in [6, 6.07) is 15.9. The first kappa shape index (κ1) is 21.2. The number of rotatable bonds is 9. The van der Waals surface area contributed by atoms with Crippen molar-refractivity contribution in [1.29, 1.82) is 0 Å². The van der Waals surface area contributed by atoms with E-state index in [-0.39, 0.29) is 5.91 Å². The second kappa shape index (κ2) is 10.9. The summed E-state index contributed by atoms with van der Waals surface area (Å²) in [4.78, 5) is 15.2. The van der Waals surface area contributed by atoms with Crippen LogP contribution < -0.4 is 14.8 Å². The molecule has 1 atom stereocenters. The summed E-state index contributed by atoms with van der Waals surface area (Å²) in [6.07, 6.45) is 3.96. The van der Waals surface area contributed by atoms with Gasteiger partial charge in [-0.3, -0.25) is 9.69 Å². The number of para-hydroxylation sites is 2. The molecule has 0 aromatic heterocycles. The number of carbonyl (C=O) groups excluding carboxylic acids is 1. The zero-order chi connectivity index (χ0) is 20.5. The summed E-state index contributed by atoms with van der Waals surface area (Å²) in [5, 5.41) is 3.02. The molecule has 0 saturated carbocycles. The molecule has 0 radical (unpaired) electrons. The fourth-order valence-corrected chi connectivity index (χ4v) is 3.71. The zero-order valence-corrected chi connectivity index (χ0v) is 17.5. The lowest BCUT2D eigenvalue weighted by Gasteiger charge is -2.26. The van der Waals surface area contributed by atoms with Gasteiger partial charge in [-0.2, -0.15) is 0 Å². The molecule has 156 valence electrons. The minimum atomic E-state index is -0.553. The molecular weight excluding hydrogens is 364 g/mol. The van der Waals surface area contributed by atoms with Crippen molar-refractivity contribution in [1.82, 2.24) is 10.2 Å². The van der Waals surface area contributed by atoms with Crippen LogP contribution in [-0.2, 0) is 17.9 Å². The standard InChI is InChI=1S/C24H32N2O3/c1-3-21(29-23-13-6-5-12-22(23)28-2)24(27)25-17-19-10-9-11-20(16-19)18-26-14-7-4-8-15-26/h5-6,9-13,16,21H,3-4,7-8,14-15,17-18H2,1-2H3,(H,25,27). The Morgan fingerprint density at radius 2 is 1.76 bits per heavy atom. The van der Waals surface area contributed by atoms with E-state index in [2.05, 4.69) is 34.5 Å². The highest BCUT2D eigenvalue weighted by Gasteiger charge is 2.20. The van der Waals surface area contributed by atoms with Crippen LogP contribution in [0.2, 0.25) is 0 Å². The van der Waals surface area contributed by atoms with E-state index >= 15 is 0 Å². The average Bonchev–Trinajstić information content (AvgIpc) is 2.77. The maximum absolute atomic E-state index is 12.7. The summed E-state index contributed by atoms with van der Waals surface area (Å²) in [5.74, 6) is 1.10. The van der Waals surface area contributed by atoms with Gasteiger partial charge in [0, 0.05) is 13.1 Å². The fourth-order valence-electron chi connectivity index (χ4n) is 3.71. The van der Waals surface area contributed by atoms with Crippen molar-refractivity contribution in [3.05, 3.63) is 59.7 Å². The molecule has 0 aliphatic carbocycles. The molecular formula is C24H32N2O3. The van der Waals surface area contributed by atoms with Gasteiger partial charge >= 0.3 is 0 Å². The minimum Gasteiger partial charge on any atom is -0.493 e.